The van der Waals surface area contributed by atoms with Crippen molar-refractivity contribution < 1.29 is 24.2 Å². The molecule has 1 fully saturated rings. The number of phenols is 1. The maximum atomic E-state index is 11.7. The fourth-order valence-corrected chi connectivity index (χ4v) is 2.94. The Bertz CT molecular complexity index is 585. The summed E-state index contributed by atoms with van der Waals surface area (Å²) in [5, 5.41) is 9.93. The van der Waals surface area contributed by atoms with Gasteiger partial charge in [0.15, 0.2) is 5.78 Å². The number of hydrogen-bond donors (Lipinski definition) is 1. The molecule has 0 spiro atoms. The van der Waals surface area contributed by atoms with E-state index in [9.17, 15) is 14.7 Å². The number of phenolic OH excluding ortho intramolecular Hbond substituents is 1. The highest BCUT2D eigenvalue weighted by molar-refractivity contribution is 5.97. The van der Waals surface area contributed by atoms with Crippen LogP contribution in [0, 0.1) is 12.8 Å². The first kappa shape index (κ1) is 17.3. The smallest absolute Gasteiger partial charge is 0.308 e. The van der Waals surface area contributed by atoms with E-state index in [1.54, 1.807) is 6.07 Å². The maximum Gasteiger partial charge on any atom is 0.308 e. The van der Waals surface area contributed by atoms with Crippen LogP contribution in [0.2, 0.25) is 0 Å². The first-order valence-electron chi connectivity index (χ1n) is 8.10. The summed E-state index contributed by atoms with van der Waals surface area (Å²) in [7, 11) is 0. The van der Waals surface area contributed by atoms with Gasteiger partial charge in [-0.05, 0) is 58.1 Å². The van der Waals surface area contributed by atoms with Crippen LogP contribution in [0.5, 0.6) is 11.5 Å². The molecule has 23 heavy (non-hydrogen) atoms. The predicted octanol–water partition coefficient (Wildman–Crippen LogP) is 3.40. The van der Waals surface area contributed by atoms with Crippen LogP contribution >= 0.6 is 0 Å². The summed E-state index contributed by atoms with van der Waals surface area (Å²) in [5.74, 6) is 0.201. The summed E-state index contributed by atoms with van der Waals surface area (Å²) in [6.07, 6.45) is 3.07. The summed E-state index contributed by atoms with van der Waals surface area (Å²) >= 11 is 0. The molecule has 0 amide bonds. The van der Waals surface area contributed by atoms with E-state index in [1.165, 1.54) is 13.0 Å². The van der Waals surface area contributed by atoms with Gasteiger partial charge in [-0.1, -0.05) is 0 Å². The summed E-state index contributed by atoms with van der Waals surface area (Å²) in [4.78, 5) is 23.2. The van der Waals surface area contributed by atoms with Crippen LogP contribution in [0.3, 0.4) is 0 Å². The maximum absolute atomic E-state index is 11.7. The van der Waals surface area contributed by atoms with E-state index in [0.29, 0.717) is 17.9 Å². The van der Waals surface area contributed by atoms with Gasteiger partial charge in [0.1, 0.15) is 11.5 Å². The van der Waals surface area contributed by atoms with Gasteiger partial charge in [-0.3, -0.25) is 9.59 Å². The van der Waals surface area contributed by atoms with Crippen LogP contribution in [0.25, 0.3) is 0 Å². The van der Waals surface area contributed by atoms with Crippen molar-refractivity contribution in [3.63, 3.8) is 0 Å². The second kappa shape index (κ2) is 7.49. The number of ether oxygens (including phenoxy) is 2. The number of Topliss-reactive ketones (excluding diaryl/α,β-unsaturated/α-hetero) is 1. The number of carbonyl (C=O) groups excluding carboxylic acids is 2. The van der Waals surface area contributed by atoms with E-state index in [1.807, 2.05) is 13.8 Å². The van der Waals surface area contributed by atoms with Crippen LogP contribution in [-0.2, 0) is 9.53 Å². The van der Waals surface area contributed by atoms with Crippen molar-refractivity contribution in [3.05, 3.63) is 23.3 Å². The molecule has 0 unspecified atom stereocenters. The number of ketones is 1. The van der Waals surface area contributed by atoms with Gasteiger partial charge in [-0.25, -0.2) is 0 Å². The van der Waals surface area contributed by atoms with Crippen molar-refractivity contribution in [2.75, 3.05) is 6.61 Å². The first-order valence-corrected chi connectivity index (χ1v) is 8.10. The Morgan fingerprint density at radius 1 is 1.22 bits per heavy atom. The number of rotatable bonds is 5. The van der Waals surface area contributed by atoms with E-state index in [0.717, 1.165) is 31.2 Å². The summed E-state index contributed by atoms with van der Waals surface area (Å²) < 4.78 is 11.0. The van der Waals surface area contributed by atoms with Crippen LogP contribution in [0.15, 0.2) is 12.1 Å². The fraction of sp³-hybridized carbons (Fsp3) is 0.556. The van der Waals surface area contributed by atoms with Crippen LogP contribution in [0.1, 0.15) is 55.5 Å². The lowest BCUT2D eigenvalue weighted by atomic mass is 9.87. The van der Waals surface area contributed by atoms with E-state index < -0.39 is 0 Å². The molecule has 0 radical (unpaired) electrons. The van der Waals surface area contributed by atoms with Gasteiger partial charge in [0, 0.05) is 6.07 Å². The average Bonchev–Trinajstić information content (AvgIpc) is 2.51. The minimum Gasteiger partial charge on any atom is -0.507 e. The van der Waals surface area contributed by atoms with E-state index in [-0.39, 0.29) is 29.5 Å². The molecule has 2 rings (SSSR count). The topological polar surface area (TPSA) is 72.8 Å². The number of esters is 1. The molecule has 0 aromatic heterocycles. The molecule has 1 aliphatic rings. The van der Waals surface area contributed by atoms with Gasteiger partial charge >= 0.3 is 5.97 Å². The van der Waals surface area contributed by atoms with E-state index >= 15 is 0 Å². The highest BCUT2D eigenvalue weighted by Gasteiger charge is 2.28. The van der Waals surface area contributed by atoms with Crippen molar-refractivity contribution in [1.82, 2.24) is 0 Å². The summed E-state index contributed by atoms with van der Waals surface area (Å²) in [6, 6.07) is 3.15. The normalized spacial score (nSPS) is 20.8. The molecule has 1 aromatic carbocycles. The lowest BCUT2D eigenvalue weighted by Gasteiger charge is -2.28. The zero-order valence-corrected chi connectivity index (χ0v) is 13.9. The third kappa shape index (κ3) is 4.24. The van der Waals surface area contributed by atoms with Gasteiger partial charge in [0.25, 0.3) is 0 Å². The van der Waals surface area contributed by atoms with Crippen molar-refractivity contribution >= 4 is 11.8 Å². The molecule has 0 bridgehead atoms. The SMILES string of the molecule is CCOC(=O)C1CCC(Oc2cc(O)c(C(C)=O)cc2C)CC1. The molecule has 0 heterocycles. The molecule has 1 aromatic rings. The Balaban J connectivity index is 1.98. The van der Waals surface area contributed by atoms with Crippen molar-refractivity contribution in [1.29, 1.82) is 0 Å². The standard InChI is InChI=1S/C18H24O5/c1-4-22-18(21)13-5-7-14(8-6-13)23-17-10-16(20)15(12(3)19)9-11(17)2/h9-10,13-14,20H,4-8H2,1-3H3. The molecule has 0 aliphatic heterocycles. The lowest BCUT2D eigenvalue weighted by Crippen LogP contribution is -2.29. The quantitative estimate of drug-likeness (QED) is 0.665. The van der Waals surface area contributed by atoms with Gasteiger partial charge in [0.05, 0.1) is 24.2 Å². The minimum absolute atomic E-state index is 0.0157. The Morgan fingerprint density at radius 2 is 1.87 bits per heavy atom. The molecule has 0 atom stereocenters. The van der Waals surface area contributed by atoms with Crippen molar-refractivity contribution in [2.24, 2.45) is 5.92 Å². The molecule has 1 aliphatic carbocycles. The Hall–Kier alpha value is -2.04. The molecule has 126 valence electrons. The third-order valence-electron chi connectivity index (χ3n) is 4.26. The average molecular weight is 320 g/mol. The first-order chi connectivity index (χ1) is 10.9. The van der Waals surface area contributed by atoms with E-state index in [2.05, 4.69) is 0 Å². The largest absolute Gasteiger partial charge is 0.507 e. The molecule has 0 saturated heterocycles. The second-order valence-electron chi connectivity index (χ2n) is 6.03. The van der Waals surface area contributed by atoms with Gasteiger partial charge in [-0.15, -0.1) is 0 Å². The van der Waals surface area contributed by atoms with Gasteiger partial charge in [-0.2, -0.15) is 0 Å². The number of hydrogen-bond acceptors (Lipinski definition) is 5. The Morgan fingerprint density at radius 3 is 2.43 bits per heavy atom. The zero-order valence-electron chi connectivity index (χ0n) is 13.9. The molecular formula is C18H24O5. The van der Waals surface area contributed by atoms with Crippen LogP contribution < -0.4 is 4.74 Å². The highest BCUT2D eigenvalue weighted by Crippen LogP contribution is 2.33. The predicted molar refractivity (Wildman–Crippen MR) is 85.9 cm³/mol. The summed E-state index contributed by atoms with van der Waals surface area (Å²) in [5.41, 5.74) is 1.13. The molecule has 5 heteroatoms. The second-order valence-corrected chi connectivity index (χ2v) is 6.03. The molecular weight excluding hydrogens is 296 g/mol. The lowest BCUT2D eigenvalue weighted by molar-refractivity contribution is -0.149. The van der Waals surface area contributed by atoms with Crippen LogP contribution in [-0.4, -0.2) is 29.6 Å². The highest BCUT2D eigenvalue weighted by atomic mass is 16.5. The molecule has 1 N–H and O–H groups in total. The Kier molecular flexibility index (Phi) is 5.64. The minimum atomic E-state index is -0.174. The molecule has 5 nitrogen and oxygen atoms in total. The van der Waals surface area contributed by atoms with Crippen molar-refractivity contribution in [2.45, 2.75) is 52.6 Å². The number of aryl methyl sites for hydroxylation is 1. The third-order valence-corrected chi connectivity index (χ3v) is 4.26. The van der Waals surface area contributed by atoms with E-state index in [4.69, 9.17) is 9.47 Å². The Labute approximate surface area is 136 Å². The van der Waals surface area contributed by atoms with Crippen LogP contribution in [0.4, 0.5) is 0 Å². The fourth-order valence-electron chi connectivity index (χ4n) is 2.94. The number of benzene rings is 1. The molecule has 1 saturated carbocycles. The zero-order chi connectivity index (χ0) is 17.0. The summed E-state index contributed by atoms with van der Waals surface area (Å²) in [6.45, 7) is 5.50. The van der Waals surface area contributed by atoms with Gasteiger partial charge < -0.3 is 14.6 Å². The number of aromatic hydroxyl groups is 1. The number of carbonyl (C=O) groups is 2. The van der Waals surface area contributed by atoms with Gasteiger partial charge in [0.2, 0.25) is 0 Å². The monoisotopic (exact) mass is 320 g/mol. The van der Waals surface area contributed by atoms with Crippen molar-refractivity contribution in [3.8, 4) is 11.5 Å².